The molecule has 184 valence electrons. The molecule has 0 fully saturated rings. The van der Waals surface area contributed by atoms with E-state index in [9.17, 15) is 0 Å². The van der Waals surface area contributed by atoms with Gasteiger partial charge in [0.15, 0.2) is 0 Å². The second kappa shape index (κ2) is 56.4. The van der Waals surface area contributed by atoms with Crippen molar-refractivity contribution in [3.63, 3.8) is 0 Å². The summed E-state index contributed by atoms with van der Waals surface area (Å²) in [6, 6.07) is 17.4. The van der Waals surface area contributed by atoms with Gasteiger partial charge in [-0.25, -0.2) is 0 Å². The van der Waals surface area contributed by atoms with E-state index in [2.05, 4.69) is 40.9 Å². The van der Waals surface area contributed by atoms with E-state index in [1.165, 1.54) is 6.42 Å². The molecule has 2 aromatic carbocycles. The summed E-state index contributed by atoms with van der Waals surface area (Å²) >= 11 is 0. The van der Waals surface area contributed by atoms with Crippen LogP contribution in [0.3, 0.4) is 0 Å². The van der Waals surface area contributed by atoms with E-state index in [0.29, 0.717) is 11.5 Å². The van der Waals surface area contributed by atoms with Crippen LogP contribution < -0.4 is 0 Å². The number of para-hydroxylation sites is 2. The van der Waals surface area contributed by atoms with Crippen molar-refractivity contribution in [1.82, 2.24) is 0 Å². The fourth-order valence-electron chi connectivity index (χ4n) is 0.856. The highest BCUT2D eigenvalue weighted by Gasteiger charge is 1.75. The molecule has 0 aromatic heterocycles. The van der Waals surface area contributed by atoms with Crippen molar-refractivity contribution in [1.29, 1.82) is 0 Å². The molecule has 0 unspecified atom stereocenters. The van der Waals surface area contributed by atoms with Crippen LogP contribution in [0.4, 0.5) is 0 Å². The lowest BCUT2D eigenvalue weighted by Crippen LogP contribution is -1.56. The average Bonchev–Trinajstić information content (AvgIpc) is 2.79. The maximum absolute atomic E-state index is 8.63. The Morgan fingerprint density at radius 1 is 0.581 bits per heavy atom. The van der Waals surface area contributed by atoms with Crippen LogP contribution in [-0.4, -0.2) is 10.2 Å². The molecule has 0 bridgehead atoms. The minimum atomic E-state index is 0. The first-order valence-corrected chi connectivity index (χ1v) is 10.7. The normalized spacial score (nSPS) is 6.45. The highest BCUT2D eigenvalue weighted by molar-refractivity contribution is 5.19. The lowest BCUT2D eigenvalue weighted by Gasteiger charge is -1.82. The molecule has 0 aliphatic heterocycles. The lowest BCUT2D eigenvalue weighted by atomic mass is 10.3. The average molecular weight is 437 g/mol. The number of rotatable bonds is 2. The molecule has 0 aliphatic carbocycles. The Balaban J connectivity index is -0.0000000454. The Kier molecular flexibility index (Phi) is 84.9. The Hall–Kier alpha value is -2.48. The van der Waals surface area contributed by atoms with Gasteiger partial charge in [-0.2, -0.15) is 0 Å². The second-order valence-corrected chi connectivity index (χ2v) is 4.77. The summed E-state index contributed by atoms with van der Waals surface area (Å²) in [6.07, 6.45) is 7.17. The van der Waals surface area contributed by atoms with Crippen molar-refractivity contribution in [3.05, 3.63) is 86.0 Å². The van der Waals surface area contributed by atoms with E-state index in [1.807, 2.05) is 52.0 Å². The first-order chi connectivity index (χ1) is 14.0. The van der Waals surface area contributed by atoms with Gasteiger partial charge in [-0.3, -0.25) is 0 Å². The summed E-state index contributed by atoms with van der Waals surface area (Å²) < 4.78 is 0. The zero-order valence-corrected chi connectivity index (χ0v) is 20.4. The van der Waals surface area contributed by atoms with Gasteiger partial charge >= 0.3 is 0 Å². The van der Waals surface area contributed by atoms with Gasteiger partial charge in [-0.15, -0.1) is 13.2 Å². The van der Waals surface area contributed by atoms with Crippen molar-refractivity contribution in [2.45, 2.75) is 89.5 Å². The minimum Gasteiger partial charge on any atom is -0.508 e. The van der Waals surface area contributed by atoms with Gasteiger partial charge in [0.05, 0.1) is 0 Å². The van der Waals surface area contributed by atoms with Crippen molar-refractivity contribution in [3.8, 4) is 11.5 Å². The Morgan fingerprint density at radius 3 is 0.806 bits per heavy atom. The van der Waals surface area contributed by atoms with Crippen LogP contribution in [0.5, 0.6) is 11.5 Å². The molecule has 0 spiro atoms. The molecular weight excluding hydrogens is 380 g/mol. The van der Waals surface area contributed by atoms with E-state index in [4.69, 9.17) is 10.2 Å². The molecule has 2 nitrogen and oxygen atoms in total. The third kappa shape index (κ3) is 74.4. The predicted molar refractivity (Wildman–Crippen MR) is 149 cm³/mol. The molecule has 2 heteroatoms. The molecule has 0 amide bonds. The van der Waals surface area contributed by atoms with Crippen LogP contribution in [0.25, 0.3) is 0 Å². The zero-order chi connectivity index (χ0) is 23.8. The number of hydrogen-bond acceptors (Lipinski definition) is 2. The number of phenols is 2. The molecule has 2 rings (SSSR count). The zero-order valence-electron chi connectivity index (χ0n) is 20.4. The third-order valence-electron chi connectivity index (χ3n) is 2.09. The Bertz CT molecular complexity index is 419. The quantitative estimate of drug-likeness (QED) is 0.459. The van der Waals surface area contributed by atoms with Gasteiger partial charge < -0.3 is 10.2 Å². The van der Waals surface area contributed by atoms with Crippen molar-refractivity contribution in [2.75, 3.05) is 0 Å². The SMILES string of the molecule is C.C.C=CCC.C=CCC.CC.CC.CCC.Oc1ccccc1.Oc1ccccc1. The molecule has 0 atom stereocenters. The third-order valence-corrected chi connectivity index (χ3v) is 2.09. The number of phenolic OH excluding ortho intramolecular Hbond substituents is 2. The van der Waals surface area contributed by atoms with E-state index in [1.54, 1.807) is 48.5 Å². The number of benzene rings is 2. The monoisotopic (exact) mass is 436 g/mol. The van der Waals surface area contributed by atoms with E-state index < -0.39 is 0 Å². The smallest absolute Gasteiger partial charge is 0.115 e. The highest BCUT2D eigenvalue weighted by Crippen LogP contribution is 2.03. The predicted octanol–water partition coefficient (Wildman–Crippen LogP) is 10.7. The van der Waals surface area contributed by atoms with Crippen LogP contribution >= 0.6 is 0 Å². The van der Waals surface area contributed by atoms with Gasteiger partial charge in [0, 0.05) is 0 Å². The van der Waals surface area contributed by atoms with Crippen LogP contribution in [0, 0.1) is 0 Å². The van der Waals surface area contributed by atoms with E-state index in [0.717, 1.165) is 12.8 Å². The first kappa shape index (κ1) is 46.6. The summed E-state index contributed by atoms with van der Waals surface area (Å²) in [4.78, 5) is 0. The first-order valence-electron chi connectivity index (χ1n) is 10.7. The summed E-state index contributed by atoms with van der Waals surface area (Å²) in [7, 11) is 0. The molecule has 31 heavy (non-hydrogen) atoms. The van der Waals surface area contributed by atoms with Crippen LogP contribution in [0.1, 0.15) is 89.5 Å². The molecule has 0 heterocycles. The number of aromatic hydroxyl groups is 2. The fourth-order valence-corrected chi connectivity index (χ4v) is 0.856. The minimum absolute atomic E-state index is 0. The van der Waals surface area contributed by atoms with Gasteiger partial charge in [-0.05, 0) is 37.1 Å². The highest BCUT2D eigenvalue weighted by atomic mass is 16.3. The molecular formula is C29H56O2. The summed E-state index contributed by atoms with van der Waals surface area (Å²) in [5, 5.41) is 17.3. The van der Waals surface area contributed by atoms with Crippen LogP contribution in [-0.2, 0) is 0 Å². The maximum atomic E-state index is 8.63. The molecule has 2 aromatic rings. The van der Waals surface area contributed by atoms with Crippen molar-refractivity contribution < 1.29 is 10.2 Å². The molecule has 0 aliphatic rings. The van der Waals surface area contributed by atoms with Crippen LogP contribution in [0.2, 0.25) is 0 Å². The van der Waals surface area contributed by atoms with Gasteiger partial charge in [0.1, 0.15) is 11.5 Å². The Labute approximate surface area is 197 Å². The number of allylic oxidation sites excluding steroid dienone is 2. The number of hydrogen-bond donors (Lipinski definition) is 2. The summed E-state index contributed by atoms with van der Waals surface area (Å²) in [6.45, 7) is 23.3. The Morgan fingerprint density at radius 2 is 0.742 bits per heavy atom. The van der Waals surface area contributed by atoms with Crippen LogP contribution in [0.15, 0.2) is 86.0 Å². The van der Waals surface area contributed by atoms with Crippen molar-refractivity contribution in [2.24, 2.45) is 0 Å². The lowest BCUT2D eigenvalue weighted by molar-refractivity contribution is 0.475. The largest absolute Gasteiger partial charge is 0.508 e. The fraction of sp³-hybridized carbons (Fsp3) is 0.448. The van der Waals surface area contributed by atoms with E-state index >= 15 is 0 Å². The molecule has 0 saturated carbocycles. The van der Waals surface area contributed by atoms with Gasteiger partial charge in [0.2, 0.25) is 0 Å². The van der Waals surface area contributed by atoms with E-state index in [-0.39, 0.29) is 14.9 Å². The van der Waals surface area contributed by atoms with Gasteiger partial charge in [0.25, 0.3) is 0 Å². The standard InChI is InChI=1S/2C6H6O.2C4H8.C3H8.2C2H6.2CH4/c2*7-6-4-2-1-3-5-6;2*1-3-4-2;1-3-2;2*1-2;;/h2*1-5,7H;2*3H,1,4H2,2H3;3H2,1-2H3;2*1-2H3;2*1H4. The second-order valence-electron chi connectivity index (χ2n) is 4.77. The maximum Gasteiger partial charge on any atom is 0.115 e. The summed E-state index contributed by atoms with van der Waals surface area (Å²) in [5.74, 6) is 0.644. The topological polar surface area (TPSA) is 40.5 Å². The molecule has 2 N–H and O–H groups in total. The molecule has 0 saturated heterocycles. The van der Waals surface area contributed by atoms with Crippen molar-refractivity contribution >= 4 is 0 Å². The molecule has 0 radical (unpaired) electrons. The van der Waals surface area contributed by atoms with Gasteiger partial charge in [-0.1, -0.05) is 125 Å². The summed E-state index contributed by atoms with van der Waals surface area (Å²) in [5.41, 5.74) is 0.